The number of hydrogen-bond donors (Lipinski definition) is 1. The molecule has 0 bridgehead atoms. The fourth-order valence-electron chi connectivity index (χ4n) is 4.11. The van der Waals surface area contributed by atoms with Crippen LogP contribution < -0.4 is 0 Å². The lowest BCUT2D eigenvalue weighted by Gasteiger charge is -2.37. The average Bonchev–Trinajstić information content (AvgIpc) is 3.42. The first-order chi connectivity index (χ1) is 12.6. The second kappa shape index (κ2) is 10.1. The summed E-state index contributed by atoms with van der Waals surface area (Å²) in [6, 6.07) is 10.5. The summed E-state index contributed by atoms with van der Waals surface area (Å²) in [6.07, 6.45) is 4.21. The lowest BCUT2D eigenvalue weighted by atomic mass is 10.0. The molecule has 1 aliphatic heterocycles. The number of rotatable bonds is 7. The van der Waals surface area contributed by atoms with Gasteiger partial charge in [-0.1, -0.05) is 42.0 Å². The van der Waals surface area contributed by atoms with Crippen molar-refractivity contribution in [3.05, 3.63) is 41.5 Å². The highest BCUT2D eigenvalue weighted by Crippen LogP contribution is 2.44. The molecule has 1 aliphatic carbocycles. The fraction of sp³-hybridized carbons (Fsp3) is 0.571. The number of likely N-dealkylation sites (tertiary alicyclic amines) is 1. The molecule has 3 rings (SSSR count). The van der Waals surface area contributed by atoms with Crippen LogP contribution >= 0.6 is 12.4 Å². The first kappa shape index (κ1) is 21.7. The van der Waals surface area contributed by atoms with Crippen LogP contribution in [0.4, 0.5) is 4.79 Å². The molecule has 5 nitrogen and oxygen atoms in total. The summed E-state index contributed by atoms with van der Waals surface area (Å²) < 4.78 is 5.14. The maximum Gasteiger partial charge on any atom is 0.407 e. The minimum absolute atomic E-state index is 0. The summed E-state index contributed by atoms with van der Waals surface area (Å²) in [6.45, 7) is 5.70. The predicted molar refractivity (Wildman–Crippen MR) is 110 cm³/mol. The van der Waals surface area contributed by atoms with Crippen LogP contribution in [0.25, 0.3) is 6.08 Å². The molecule has 1 aromatic rings. The van der Waals surface area contributed by atoms with Gasteiger partial charge in [0, 0.05) is 44.7 Å². The molecule has 27 heavy (non-hydrogen) atoms. The Hall–Kier alpha value is -1.56. The van der Waals surface area contributed by atoms with Gasteiger partial charge in [-0.2, -0.15) is 0 Å². The van der Waals surface area contributed by atoms with Crippen molar-refractivity contribution in [3.63, 3.8) is 0 Å². The van der Waals surface area contributed by atoms with Gasteiger partial charge in [-0.3, -0.25) is 0 Å². The molecule has 2 aliphatic rings. The van der Waals surface area contributed by atoms with Crippen LogP contribution in [0.1, 0.15) is 31.7 Å². The van der Waals surface area contributed by atoms with Crippen molar-refractivity contribution >= 4 is 24.6 Å². The summed E-state index contributed by atoms with van der Waals surface area (Å²) in [5.41, 5.74) is 2.47. The van der Waals surface area contributed by atoms with E-state index in [0.29, 0.717) is 5.92 Å². The fourth-order valence-corrected chi connectivity index (χ4v) is 4.11. The molecule has 1 saturated heterocycles. The number of ether oxygens (including phenoxy) is 1. The van der Waals surface area contributed by atoms with E-state index in [4.69, 9.17) is 4.74 Å². The number of nitrogens with zero attached hydrogens (tertiary/aromatic N) is 2. The average molecular weight is 395 g/mol. The van der Waals surface area contributed by atoms with Crippen LogP contribution in [-0.2, 0) is 4.74 Å². The Bertz CT molecular complexity index is 630. The summed E-state index contributed by atoms with van der Waals surface area (Å²) in [7, 11) is 1.72. The molecule has 1 aromatic carbocycles. The lowest BCUT2D eigenvalue weighted by molar-refractivity contribution is 0.0738. The standard InChI is InChI=1S/C21H30N2O3.ClH/c1-16(14-17-6-4-3-5-7-17)19-15-20(19)23(21(24)25)18-8-10-22(11-9-18)12-13-26-2;/h3-7,14,18-20H,8-13,15H2,1-2H3,(H,24,25);1H/b16-14+;. The number of benzene rings is 1. The Morgan fingerprint density at radius 1 is 1.30 bits per heavy atom. The molecular weight excluding hydrogens is 364 g/mol. The molecule has 0 aromatic heterocycles. The normalized spacial score (nSPS) is 23.6. The number of carbonyl (C=O) groups is 1. The zero-order valence-electron chi connectivity index (χ0n) is 16.2. The molecule has 0 radical (unpaired) electrons. The molecule has 0 spiro atoms. The third kappa shape index (κ3) is 5.71. The number of amides is 1. The van der Waals surface area contributed by atoms with E-state index >= 15 is 0 Å². The molecule has 2 unspecified atom stereocenters. The summed E-state index contributed by atoms with van der Waals surface area (Å²) in [5, 5.41) is 9.81. The smallest absolute Gasteiger partial charge is 0.407 e. The number of halogens is 1. The molecule has 2 fully saturated rings. The van der Waals surface area contributed by atoms with Crippen LogP contribution in [0.5, 0.6) is 0 Å². The van der Waals surface area contributed by atoms with E-state index in [1.54, 1.807) is 12.0 Å². The van der Waals surface area contributed by atoms with E-state index in [0.717, 1.165) is 45.5 Å². The minimum Gasteiger partial charge on any atom is -0.465 e. The number of hydrogen-bond acceptors (Lipinski definition) is 3. The molecule has 2 atom stereocenters. The predicted octanol–water partition coefficient (Wildman–Crippen LogP) is 3.99. The van der Waals surface area contributed by atoms with Gasteiger partial charge in [0.15, 0.2) is 0 Å². The number of methoxy groups -OCH3 is 1. The van der Waals surface area contributed by atoms with Crippen molar-refractivity contribution in [2.24, 2.45) is 5.92 Å². The summed E-state index contributed by atoms with van der Waals surface area (Å²) in [4.78, 5) is 16.0. The zero-order valence-corrected chi connectivity index (χ0v) is 17.0. The summed E-state index contributed by atoms with van der Waals surface area (Å²) >= 11 is 0. The zero-order chi connectivity index (χ0) is 18.5. The molecule has 1 saturated carbocycles. The highest BCUT2D eigenvalue weighted by molar-refractivity contribution is 5.85. The summed E-state index contributed by atoms with van der Waals surface area (Å²) in [5.74, 6) is 0.359. The first-order valence-electron chi connectivity index (χ1n) is 9.56. The van der Waals surface area contributed by atoms with Crippen LogP contribution in [0.2, 0.25) is 0 Å². The second-order valence-electron chi connectivity index (χ2n) is 7.46. The van der Waals surface area contributed by atoms with Crippen LogP contribution in [0, 0.1) is 5.92 Å². The Morgan fingerprint density at radius 2 is 1.96 bits per heavy atom. The van der Waals surface area contributed by atoms with E-state index in [2.05, 4.69) is 30.0 Å². The van der Waals surface area contributed by atoms with Crippen LogP contribution in [-0.4, -0.2) is 66.4 Å². The highest BCUT2D eigenvalue weighted by Gasteiger charge is 2.47. The molecular formula is C21H31ClN2O3. The first-order valence-corrected chi connectivity index (χ1v) is 9.56. The van der Waals surface area contributed by atoms with E-state index in [-0.39, 0.29) is 24.5 Å². The van der Waals surface area contributed by atoms with Gasteiger partial charge in [0.1, 0.15) is 0 Å². The maximum atomic E-state index is 11.9. The van der Waals surface area contributed by atoms with Gasteiger partial charge in [0.25, 0.3) is 0 Å². The van der Waals surface area contributed by atoms with Crippen molar-refractivity contribution in [1.82, 2.24) is 9.80 Å². The van der Waals surface area contributed by atoms with Crippen molar-refractivity contribution in [2.75, 3.05) is 33.4 Å². The van der Waals surface area contributed by atoms with Crippen molar-refractivity contribution in [2.45, 2.75) is 38.3 Å². The SMILES string of the molecule is COCCN1CCC(N(C(=O)O)C2CC2/C(C)=C/c2ccccc2)CC1.Cl. The van der Waals surface area contributed by atoms with Crippen molar-refractivity contribution in [3.8, 4) is 0 Å². The van der Waals surface area contributed by atoms with E-state index in [1.165, 1.54) is 11.1 Å². The number of piperidine rings is 1. The Balaban J connectivity index is 0.00000261. The van der Waals surface area contributed by atoms with Crippen LogP contribution in [0.15, 0.2) is 35.9 Å². The highest BCUT2D eigenvalue weighted by atomic mass is 35.5. The Labute approximate surface area is 168 Å². The van der Waals surface area contributed by atoms with Gasteiger partial charge in [-0.25, -0.2) is 4.79 Å². The minimum atomic E-state index is -0.764. The van der Waals surface area contributed by atoms with Crippen molar-refractivity contribution in [1.29, 1.82) is 0 Å². The Morgan fingerprint density at radius 3 is 2.56 bits per heavy atom. The van der Waals surface area contributed by atoms with E-state index in [9.17, 15) is 9.90 Å². The van der Waals surface area contributed by atoms with Gasteiger partial charge in [0.05, 0.1) is 6.61 Å². The molecule has 1 N–H and O–H groups in total. The van der Waals surface area contributed by atoms with E-state index in [1.807, 2.05) is 18.2 Å². The molecule has 1 heterocycles. The maximum absolute atomic E-state index is 11.9. The van der Waals surface area contributed by atoms with Gasteiger partial charge in [-0.15, -0.1) is 12.4 Å². The quantitative estimate of drug-likeness (QED) is 0.759. The third-order valence-electron chi connectivity index (χ3n) is 5.68. The monoisotopic (exact) mass is 394 g/mol. The second-order valence-corrected chi connectivity index (χ2v) is 7.46. The third-order valence-corrected chi connectivity index (χ3v) is 5.68. The van der Waals surface area contributed by atoms with Crippen LogP contribution in [0.3, 0.4) is 0 Å². The molecule has 1 amide bonds. The van der Waals surface area contributed by atoms with Gasteiger partial charge < -0.3 is 19.6 Å². The lowest BCUT2D eigenvalue weighted by Crippen LogP contribution is -2.48. The number of carboxylic acid groups (broad SMARTS) is 1. The van der Waals surface area contributed by atoms with Crippen molar-refractivity contribution < 1.29 is 14.6 Å². The Kier molecular flexibility index (Phi) is 8.14. The topological polar surface area (TPSA) is 53.0 Å². The van der Waals surface area contributed by atoms with Gasteiger partial charge >= 0.3 is 6.09 Å². The molecule has 150 valence electrons. The van der Waals surface area contributed by atoms with E-state index < -0.39 is 6.09 Å². The molecule has 6 heteroatoms. The van der Waals surface area contributed by atoms with Gasteiger partial charge in [-0.05, 0) is 31.7 Å². The largest absolute Gasteiger partial charge is 0.465 e. The van der Waals surface area contributed by atoms with Gasteiger partial charge in [0.2, 0.25) is 0 Å².